The second-order valence-electron chi connectivity index (χ2n) is 5.07. The molecule has 0 fully saturated rings. The van der Waals surface area contributed by atoms with Crippen LogP contribution in [0, 0.1) is 5.82 Å². The van der Waals surface area contributed by atoms with Gasteiger partial charge in [-0.1, -0.05) is 25.1 Å². The molecule has 1 amide bonds. The lowest BCUT2D eigenvalue weighted by atomic mass is 10.1. The van der Waals surface area contributed by atoms with E-state index in [9.17, 15) is 9.18 Å². The summed E-state index contributed by atoms with van der Waals surface area (Å²) in [4.78, 5) is 16.6. The van der Waals surface area contributed by atoms with E-state index in [0.717, 1.165) is 16.6 Å². The third-order valence-corrected chi connectivity index (χ3v) is 5.15. The van der Waals surface area contributed by atoms with Gasteiger partial charge in [-0.05, 0) is 34.0 Å². The summed E-state index contributed by atoms with van der Waals surface area (Å²) < 4.78 is 14.4. The van der Waals surface area contributed by atoms with Gasteiger partial charge in [0.2, 0.25) is 0 Å². The summed E-state index contributed by atoms with van der Waals surface area (Å²) >= 11 is 4.73. The van der Waals surface area contributed by atoms with Crippen molar-refractivity contribution in [2.75, 3.05) is 5.32 Å². The Morgan fingerprint density at radius 3 is 2.92 bits per heavy atom. The van der Waals surface area contributed by atoms with Gasteiger partial charge in [0.25, 0.3) is 5.91 Å². The number of carbonyl (C=O) groups is 1. The minimum Gasteiger partial charge on any atom is -0.303 e. The number of halogens is 2. The molecule has 5 nitrogen and oxygen atoms in total. The van der Waals surface area contributed by atoms with Gasteiger partial charge >= 0.3 is 0 Å². The molecule has 2 N–H and O–H groups in total. The van der Waals surface area contributed by atoms with Crippen LogP contribution >= 0.6 is 27.3 Å². The van der Waals surface area contributed by atoms with E-state index in [0.29, 0.717) is 28.5 Å². The van der Waals surface area contributed by atoms with Gasteiger partial charge in [-0.3, -0.25) is 9.89 Å². The van der Waals surface area contributed by atoms with Crippen LogP contribution in [0.4, 0.5) is 10.2 Å². The van der Waals surface area contributed by atoms with E-state index in [1.165, 1.54) is 17.4 Å². The number of thiazole rings is 1. The number of aromatic amines is 1. The number of hydrogen-bond donors (Lipinski definition) is 2. The summed E-state index contributed by atoms with van der Waals surface area (Å²) in [6.45, 7) is 1.99. The minimum absolute atomic E-state index is 0.272. The number of hydrogen-bond acceptors (Lipinski definition) is 4. The van der Waals surface area contributed by atoms with Crippen LogP contribution in [0.15, 0.2) is 34.1 Å². The van der Waals surface area contributed by atoms with Crippen molar-refractivity contribution in [1.82, 2.24) is 15.2 Å². The SMILES string of the molecule is CCc1[nH]nc(NC(=O)c2csc(Cc3ccccc3F)n2)c1Br. The fraction of sp³-hybridized carbons (Fsp3) is 0.188. The van der Waals surface area contributed by atoms with E-state index in [2.05, 4.69) is 36.4 Å². The van der Waals surface area contributed by atoms with Crippen LogP contribution in [0.25, 0.3) is 0 Å². The highest BCUT2D eigenvalue weighted by molar-refractivity contribution is 9.10. The van der Waals surface area contributed by atoms with Crippen molar-refractivity contribution in [3.8, 4) is 0 Å². The molecular formula is C16H14BrFN4OS. The first-order chi connectivity index (χ1) is 11.6. The first kappa shape index (κ1) is 16.8. The Balaban J connectivity index is 1.72. The van der Waals surface area contributed by atoms with Gasteiger partial charge in [0, 0.05) is 11.8 Å². The normalized spacial score (nSPS) is 10.8. The lowest BCUT2D eigenvalue weighted by Crippen LogP contribution is -2.13. The average molecular weight is 409 g/mol. The molecule has 0 unspecified atom stereocenters. The highest BCUT2D eigenvalue weighted by Crippen LogP contribution is 2.25. The van der Waals surface area contributed by atoms with Gasteiger partial charge in [-0.15, -0.1) is 11.3 Å². The zero-order valence-corrected chi connectivity index (χ0v) is 15.2. The number of nitrogens with zero attached hydrogens (tertiary/aromatic N) is 2. The van der Waals surface area contributed by atoms with Crippen LogP contribution in [-0.2, 0) is 12.8 Å². The molecule has 2 heterocycles. The summed E-state index contributed by atoms with van der Waals surface area (Å²) in [5, 5.41) is 12.0. The summed E-state index contributed by atoms with van der Waals surface area (Å²) in [6.07, 6.45) is 1.13. The molecule has 0 saturated carbocycles. The molecule has 24 heavy (non-hydrogen) atoms. The van der Waals surface area contributed by atoms with E-state index in [1.54, 1.807) is 23.6 Å². The highest BCUT2D eigenvalue weighted by Gasteiger charge is 2.16. The fourth-order valence-electron chi connectivity index (χ4n) is 2.15. The van der Waals surface area contributed by atoms with Crippen molar-refractivity contribution in [3.05, 3.63) is 61.9 Å². The number of benzene rings is 1. The van der Waals surface area contributed by atoms with Crippen LogP contribution in [0.5, 0.6) is 0 Å². The van der Waals surface area contributed by atoms with E-state index < -0.39 is 0 Å². The molecule has 0 bridgehead atoms. The Morgan fingerprint density at radius 2 is 2.21 bits per heavy atom. The first-order valence-corrected chi connectivity index (χ1v) is 8.97. The molecule has 2 aromatic heterocycles. The van der Waals surface area contributed by atoms with Crippen LogP contribution in [0.2, 0.25) is 0 Å². The molecule has 8 heteroatoms. The van der Waals surface area contributed by atoms with E-state index in [4.69, 9.17) is 0 Å². The number of nitrogens with one attached hydrogen (secondary N) is 2. The number of carbonyl (C=O) groups excluding carboxylic acids is 1. The second kappa shape index (κ2) is 7.23. The van der Waals surface area contributed by atoms with Gasteiger partial charge in [-0.25, -0.2) is 9.37 Å². The third-order valence-electron chi connectivity index (χ3n) is 3.44. The third kappa shape index (κ3) is 3.54. The molecule has 0 radical (unpaired) electrons. The average Bonchev–Trinajstić information content (AvgIpc) is 3.17. The highest BCUT2D eigenvalue weighted by atomic mass is 79.9. The van der Waals surface area contributed by atoms with Crippen molar-refractivity contribution >= 4 is 39.0 Å². The van der Waals surface area contributed by atoms with Crippen LogP contribution < -0.4 is 5.32 Å². The summed E-state index contributed by atoms with van der Waals surface area (Å²) in [5.74, 6) is -0.187. The maximum atomic E-state index is 13.7. The summed E-state index contributed by atoms with van der Waals surface area (Å²) in [7, 11) is 0. The van der Waals surface area contributed by atoms with E-state index in [1.807, 2.05) is 6.92 Å². The van der Waals surface area contributed by atoms with Gasteiger partial charge < -0.3 is 5.32 Å². The molecule has 0 aliphatic heterocycles. The molecule has 0 atom stereocenters. The van der Waals surface area contributed by atoms with E-state index in [-0.39, 0.29) is 11.7 Å². The zero-order chi connectivity index (χ0) is 17.1. The van der Waals surface area contributed by atoms with Gasteiger partial charge in [-0.2, -0.15) is 5.10 Å². The largest absolute Gasteiger partial charge is 0.303 e. The standard InChI is InChI=1S/C16H14BrFN4OS/c1-2-11-14(17)15(22-21-11)20-16(23)12-8-24-13(19-12)7-9-5-3-4-6-10(9)18/h3-6,8H,2,7H2,1H3,(H2,20,21,22,23). The predicted octanol–water partition coefficient (Wildman–Crippen LogP) is 4.17. The van der Waals surface area contributed by atoms with Gasteiger partial charge in [0.15, 0.2) is 5.82 Å². The summed E-state index contributed by atoms with van der Waals surface area (Å²) in [5.41, 5.74) is 1.75. The van der Waals surface area contributed by atoms with Crippen molar-refractivity contribution in [2.24, 2.45) is 0 Å². The molecule has 0 saturated heterocycles. The maximum Gasteiger partial charge on any atom is 0.276 e. The lowest BCUT2D eigenvalue weighted by Gasteiger charge is -2.00. The van der Waals surface area contributed by atoms with Gasteiger partial charge in [0.1, 0.15) is 11.5 Å². The molecule has 1 aromatic carbocycles. The predicted molar refractivity (Wildman–Crippen MR) is 94.9 cm³/mol. The smallest absolute Gasteiger partial charge is 0.276 e. The maximum absolute atomic E-state index is 13.7. The number of amides is 1. The zero-order valence-electron chi connectivity index (χ0n) is 12.8. The van der Waals surface area contributed by atoms with Crippen molar-refractivity contribution in [3.63, 3.8) is 0 Å². The second-order valence-corrected chi connectivity index (χ2v) is 6.80. The van der Waals surface area contributed by atoms with Crippen LogP contribution in [-0.4, -0.2) is 21.1 Å². The lowest BCUT2D eigenvalue weighted by molar-refractivity contribution is 0.102. The topological polar surface area (TPSA) is 70.7 Å². The molecular weight excluding hydrogens is 395 g/mol. The number of anilines is 1. The summed E-state index contributed by atoms with van der Waals surface area (Å²) in [6, 6.07) is 6.55. The van der Waals surface area contributed by atoms with E-state index >= 15 is 0 Å². The first-order valence-electron chi connectivity index (χ1n) is 7.30. The number of H-pyrrole nitrogens is 1. The number of aromatic nitrogens is 3. The molecule has 0 spiro atoms. The number of rotatable bonds is 5. The van der Waals surface area contributed by atoms with Crippen LogP contribution in [0.3, 0.4) is 0 Å². The Kier molecular flexibility index (Phi) is 5.06. The van der Waals surface area contributed by atoms with Crippen LogP contribution in [0.1, 0.15) is 33.7 Å². The van der Waals surface area contributed by atoms with Gasteiger partial charge in [0.05, 0.1) is 15.2 Å². The minimum atomic E-state index is -0.346. The molecule has 3 aromatic rings. The Bertz CT molecular complexity index is 877. The molecule has 0 aliphatic rings. The number of aryl methyl sites for hydroxylation is 1. The fourth-order valence-corrected chi connectivity index (χ4v) is 3.51. The van der Waals surface area contributed by atoms with Crippen molar-refractivity contribution < 1.29 is 9.18 Å². The monoisotopic (exact) mass is 408 g/mol. The molecule has 124 valence electrons. The van der Waals surface area contributed by atoms with Crippen molar-refractivity contribution in [1.29, 1.82) is 0 Å². The Hall–Kier alpha value is -2.06. The Labute approximate surface area is 150 Å². The quantitative estimate of drug-likeness (QED) is 0.665. The van der Waals surface area contributed by atoms with Crippen molar-refractivity contribution in [2.45, 2.75) is 19.8 Å². The Morgan fingerprint density at radius 1 is 1.42 bits per heavy atom. The molecule has 3 rings (SSSR count). The molecule has 0 aliphatic carbocycles.